The molecule has 0 bridgehead atoms. The highest BCUT2D eigenvalue weighted by Gasteiger charge is 2.61. The second-order valence-electron chi connectivity index (χ2n) is 5.16. The number of carbonyl (C=O) groups is 1. The Kier molecular flexibility index (Phi) is 2.44. The molecule has 0 saturated heterocycles. The quantitative estimate of drug-likeness (QED) is 0.556. The number of hydrogen-bond acceptors (Lipinski definition) is 3. The van der Waals surface area contributed by atoms with E-state index in [4.69, 9.17) is 9.94 Å². The lowest BCUT2D eigenvalue weighted by Crippen LogP contribution is -2.03. The summed E-state index contributed by atoms with van der Waals surface area (Å²) in [4.78, 5) is 15.9. The molecule has 0 aliphatic heterocycles. The normalized spacial score (nSPS) is 32.9. The van der Waals surface area contributed by atoms with E-state index in [1.165, 1.54) is 12.8 Å². The molecule has 84 valence electrons. The lowest BCUT2D eigenvalue weighted by Gasteiger charge is -1.97. The predicted molar refractivity (Wildman–Crippen MR) is 55.6 cm³/mol. The van der Waals surface area contributed by atoms with E-state index in [-0.39, 0.29) is 17.3 Å². The van der Waals surface area contributed by atoms with Crippen LogP contribution in [0.5, 0.6) is 0 Å². The van der Waals surface area contributed by atoms with Gasteiger partial charge in [0.15, 0.2) is 0 Å². The molecule has 0 heterocycles. The van der Waals surface area contributed by atoms with Crippen LogP contribution in [0, 0.1) is 23.2 Å². The summed E-state index contributed by atoms with van der Waals surface area (Å²) >= 11 is 0. The number of oxime groups is 1. The van der Waals surface area contributed by atoms with Crippen LogP contribution in [0.15, 0.2) is 5.16 Å². The molecule has 2 aliphatic carbocycles. The lowest BCUT2D eigenvalue weighted by atomic mass is 10.1. The Morgan fingerprint density at radius 3 is 2.73 bits per heavy atom. The minimum atomic E-state index is -0.737. The van der Waals surface area contributed by atoms with E-state index in [0.29, 0.717) is 12.5 Å². The lowest BCUT2D eigenvalue weighted by molar-refractivity contribution is -0.139. The maximum Gasteiger partial charge on any atom is 0.307 e. The summed E-state index contributed by atoms with van der Waals surface area (Å²) < 4.78 is 0. The highest BCUT2D eigenvalue weighted by molar-refractivity contribution is 5.84. The fraction of sp³-hybridized carbons (Fsp3) is 0.818. The van der Waals surface area contributed by atoms with E-state index < -0.39 is 5.97 Å². The summed E-state index contributed by atoms with van der Waals surface area (Å²) in [6, 6.07) is 0. The van der Waals surface area contributed by atoms with Crippen molar-refractivity contribution in [3.8, 4) is 0 Å². The first-order chi connectivity index (χ1) is 7.03. The summed E-state index contributed by atoms with van der Waals surface area (Å²) in [6.45, 7) is 4.58. The van der Waals surface area contributed by atoms with Crippen LogP contribution < -0.4 is 0 Å². The molecule has 15 heavy (non-hydrogen) atoms. The van der Waals surface area contributed by atoms with Crippen molar-refractivity contribution in [2.24, 2.45) is 28.3 Å². The second-order valence-corrected chi connectivity index (χ2v) is 5.16. The van der Waals surface area contributed by atoms with Gasteiger partial charge in [-0.05, 0) is 24.2 Å². The summed E-state index contributed by atoms with van der Waals surface area (Å²) in [7, 11) is 0. The van der Waals surface area contributed by atoms with Crippen LogP contribution >= 0.6 is 0 Å². The number of carboxylic acid groups (broad SMARTS) is 1. The first-order valence-electron chi connectivity index (χ1n) is 5.41. The van der Waals surface area contributed by atoms with Crippen LogP contribution in [0.2, 0.25) is 0 Å². The molecule has 2 fully saturated rings. The monoisotopic (exact) mass is 211 g/mol. The van der Waals surface area contributed by atoms with Gasteiger partial charge in [-0.15, -0.1) is 0 Å². The number of nitrogens with zero attached hydrogens (tertiary/aromatic N) is 1. The van der Waals surface area contributed by atoms with Crippen molar-refractivity contribution < 1.29 is 14.7 Å². The molecule has 4 nitrogen and oxygen atoms in total. The molecule has 0 aromatic rings. The van der Waals surface area contributed by atoms with Crippen LogP contribution in [-0.4, -0.2) is 23.9 Å². The van der Waals surface area contributed by atoms with Gasteiger partial charge in [-0.1, -0.05) is 19.0 Å². The minimum absolute atomic E-state index is 0.0224. The van der Waals surface area contributed by atoms with E-state index in [1.807, 2.05) is 13.8 Å². The highest BCUT2D eigenvalue weighted by Crippen LogP contribution is 2.57. The molecule has 0 radical (unpaired) electrons. The molecule has 2 aliphatic rings. The summed E-state index contributed by atoms with van der Waals surface area (Å²) in [5, 5.41) is 12.8. The zero-order chi connectivity index (χ0) is 11.1. The van der Waals surface area contributed by atoms with Crippen molar-refractivity contribution in [2.45, 2.75) is 26.7 Å². The molecular formula is C11H17NO3. The first kappa shape index (κ1) is 10.5. The van der Waals surface area contributed by atoms with Gasteiger partial charge in [-0.25, -0.2) is 0 Å². The van der Waals surface area contributed by atoms with Crippen molar-refractivity contribution in [3.05, 3.63) is 0 Å². The Balaban J connectivity index is 1.77. The molecule has 4 heteroatoms. The Morgan fingerprint density at radius 1 is 1.60 bits per heavy atom. The number of carboxylic acids is 1. The van der Waals surface area contributed by atoms with Gasteiger partial charge in [0.2, 0.25) is 0 Å². The zero-order valence-electron chi connectivity index (χ0n) is 9.14. The second kappa shape index (κ2) is 3.51. The molecular weight excluding hydrogens is 194 g/mol. The Labute approximate surface area is 89.3 Å². The van der Waals surface area contributed by atoms with Crippen LogP contribution in [0.25, 0.3) is 0 Å². The van der Waals surface area contributed by atoms with Gasteiger partial charge in [-0.3, -0.25) is 4.79 Å². The summed E-state index contributed by atoms with van der Waals surface area (Å²) in [6.07, 6.45) is 4.13. The van der Waals surface area contributed by atoms with E-state index in [1.54, 1.807) is 6.21 Å². The maximum atomic E-state index is 10.8. The van der Waals surface area contributed by atoms with Gasteiger partial charge in [0.25, 0.3) is 0 Å². The van der Waals surface area contributed by atoms with Crippen LogP contribution in [0.1, 0.15) is 26.7 Å². The average Bonchev–Trinajstić information content (AvgIpc) is 2.98. The fourth-order valence-electron chi connectivity index (χ4n) is 1.97. The standard InChI is InChI=1S/C11H17NO3/c1-11(2)8(9(11)10(13)14)5-12-15-6-7-3-4-7/h5,7-9H,3-4,6H2,1-2H3,(H,13,14)/b12-5-. The van der Waals surface area contributed by atoms with Gasteiger partial charge >= 0.3 is 5.97 Å². The molecule has 0 amide bonds. The molecule has 2 saturated carbocycles. The molecule has 2 unspecified atom stereocenters. The van der Waals surface area contributed by atoms with E-state index in [2.05, 4.69) is 5.16 Å². The Hall–Kier alpha value is -1.06. The third kappa shape index (κ3) is 2.13. The SMILES string of the molecule is CC1(C)C(/C=N\OCC2CC2)C1C(=O)O. The Bertz CT molecular complexity index is 294. The van der Waals surface area contributed by atoms with Gasteiger partial charge in [0, 0.05) is 12.1 Å². The first-order valence-corrected chi connectivity index (χ1v) is 5.41. The predicted octanol–water partition coefficient (Wildman–Crippen LogP) is 1.76. The topological polar surface area (TPSA) is 58.9 Å². The third-order valence-corrected chi connectivity index (χ3v) is 3.48. The molecule has 0 aromatic carbocycles. The van der Waals surface area contributed by atoms with Crippen LogP contribution in [-0.2, 0) is 9.63 Å². The number of aliphatic carboxylic acids is 1. The highest BCUT2D eigenvalue weighted by atomic mass is 16.6. The molecule has 2 rings (SSSR count). The van der Waals surface area contributed by atoms with Gasteiger partial charge in [0.1, 0.15) is 6.61 Å². The van der Waals surface area contributed by atoms with Crippen molar-refractivity contribution in [1.82, 2.24) is 0 Å². The molecule has 2 atom stereocenters. The van der Waals surface area contributed by atoms with Gasteiger partial charge in [-0.2, -0.15) is 0 Å². The third-order valence-electron chi connectivity index (χ3n) is 3.48. The van der Waals surface area contributed by atoms with Crippen molar-refractivity contribution >= 4 is 12.2 Å². The number of hydrogen-bond donors (Lipinski definition) is 1. The maximum absolute atomic E-state index is 10.8. The molecule has 0 aromatic heterocycles. The van der Waals surface area contributed by atoms with Crippen LogP contribution in [0.3, 0.4) is 0 Å². The largest absolute Gasteiger partial charge is 0.481 e. The van der Waals surface area contributed by atoms with Crippen molar-refractivity contribution in [3.63, 3.8) is 0 Å². The minimum Gasteiger partial charge on any atom is -0.481 e. The summed E-state index contributed by atoms with van der Waals surface area (Å²) in [5.74, 6) is -0.330. The average molecular weight is 211 g/mol. The summed E-state index contributed by atoms with van der Waals surface area (Å²) in [5.41, 5.74) is -0.168. The van der Waals surface area contributed by atoms with Crippen LogP contribution in [0.4, 0.5) is 0 Å². The molecule has 1 N–H and O–H groups in total. The van der Waals surface area contributed by atoms with E-state index in [0.717, 1.165) is 0 Å². The van der Waals surface area contributed by atoms with E-state index >= 15 is 0 Å². The zero-order valence-corrected chi connectivity index (χ0v) is 9.14. The van der Waals surface area contributed by atoms with Gasteiger partial charge < -0.3 is 9.94 Å². The van der Waals surface area contributed by atoms with Gasteiger partial charge in [0.05, 0.1) is 5.92 Å². The van der Waals surface area contributed by atoms with E-state index in [9.17, 15) is 4.79 Å². The Morgan fingerprint density at radius 2 is 2.27 bits per heavy atom. The fourth-order valence-corrected chi connectivity index (χ4v) is 1.97. The van der Waals surface area contributed by atoms with Crippen molar-refractivity contribution in [2.75, 3.05) is 6.61 Å². The number of rotatable bonds is 5. The smallest absolute Gasteiger partial charge is 0.307 e. The molecule has 0 spiro atoms. The van der Waals surface area contributed by atoms with Crippen molar-refractivity contribution in [1.29, 1.82) is 0 Å².